The Balaban J connectivity index is 1.69. The third kappa shape index (κ3) is 5.78. The summed E-state index contributed by atoms with van der Waals surface area (Å²) in [5, 5.41) is 0. The van der Waals surface area contributed by atoms with E-state index in [2.05, 4.69) is 171 Å². The fourth-order valence-corrected chi connectivity index (χ4v) is 5.68. The van der Waals surface area contributed by atoms with Crippen LogP contribution in [0.25, 0.3) is 0 Å². The number of hydrogen-bond donors (Lipinski definition) is 0. The van der Waals surface area contributed by atoms with Gasteiger partial charge < -0.3 is 9.80 Å². The maximum absolute atomic E-state index is 3.65. The zero-order valence-corrected chi connectivity index (χ0v) is 25.3. The summed E-state index contributed by atoms with van der Waals surface area (Å²) in [6.45, 7) is 0. The summed E-state index contributed by atoms with van der Waals surface area (Å²) in [5.41, 5.74) is 6.37. The van der Waals surface area contributed by atoms with E-state index in [-0.39, 0.29) is 0 Å². The normalized spacial score (nSPS) is 10.8. The summed E-state index contributed by atoms with van der Waals surface area (Å²) in [7, 11) is 0. The van der Waals surface area contributed by atoms with Crippen molar-refractivity contribution in [2.45, 2.75) is 0 Å². The predicted octanol–water partition coefficient (Wildman–Crippen LogP) is 11.7. The minimum Gasteiger partial charge on any atom is -0.310 e. The zero-order chi connectivity index (χ0) is 25.1. The minimum atomic E-state index is 1.03. The van der Waals surface area contributed by atoms with Gasteiger partial charge in [-0.3, -0.25) is 0 Å². The molecule has 178 valence electrons. The van der Waals surface area contributed by atoms with Gasteiger partial charge in [0.15, 0.2) is 0 Å². The third-order valence-corrected chi connectivity index (χ3v) is 7.58. The SMILES string of the molecule is Brc1cccc(N(c2cccc(Br)c2)c2cccc(N(c3cccc(Br)c3)c3cccc(Br)c3)c2)c1. The van der Waals surface area contributed by atoms with Crippen molar-refractivity contribution < 1.29 is 0 Å². The first-order valence-corrected chi connectivity index (χ1v) is 14.4. The largest absolute Gasteiger partial charge is 0.310 e. The number of nitrogens with zero attached hydrogens (tertiary/aromatic N) is 2. The molecular formula is C30H20Br4N2. The first kappa shape index (κ1) is 25.3. The lowest BCUT2D eigenvalue weighted by Gasteiger charge is -2.29. The molecule has 0 spiro atoms. The van der Waals surface area contributed by atoms with Crippen LogP contribution in [0, 0.1) is 0 Å². The van der Waals surface area contributed by atoms with Crippen molar-refractivity contribution in [3.63, 3.8) is 0 Å². The van der Waals surface area contributed by atoms with Crippen LogP contribution >= 0.6 is 63.7 Å². The van der Waals surface area contributed by atoms with Gasteiger partial charge in [-0.1, -0.05) is 94.1 Å². The molecule has 0 aliphatic heterocycles. The zero-order valence-electron chi connectivity index (χ0n) is 19.0. The molecule has 6 heteroatoms. The Morgan fingerprint density at radius 3 is 0.778 bits per heavy atom. The molecule has 0 unspecified atom stereocenters. The van der Waals surface area contributed by atoms with Gasteiger partial charge in [0.2, 0.25) is 0 Å². The highest BCUT2D eigenvalue weighted by molar-refractivity contribution is 9.11. The smallest absolute Gasteiger partial charge is 0.0482 e. The van der Waals surface area contributed by atoms with Gasteiger partial charge in [-0.15, -0.1) is 0 Å². The summed E-state index contributed by atoms with van der Waals surface area (Å²) in [6, 6.07) is 42.1. The van der Waals surface area contributed by atoms with Crippen LogP contribution in [0.3, 0.4) is 0 Å². The summed E-state index contributed by atoms with van der Waals surface area (Å²) >= 11 is 14.6. The Morgan fingerprint density at radius 1 is 0.306 bits per heavy atom. The van der Waals surface area contributed by atoms with E-state index in [1.54, 1.807) is 0 Å². The van der Waals surface area contributed by atoms with Crippen LogP contribution in [0.2, 0.25) is 0 Å². The Kier molecular flexibility index (Phi) is 7.96. The van der Waals surface area contributed by atoms with Crippen LogP contribution in [-0.2, 0) is 0 Å². The second-order valence-corrected chi connectivity index (χ2v) is 11.8. The Morgan fingerprint density at radius 2 is 0.528 bits per heavy atom. The van der Waals surface area contributed by atoms with Crippen LogP contribution < -0.4 is 9.80 Å². The van der Waals surface area contributed by atoms with Crippen LogP contribution in [0.4, 0.5) is 34.1 Å². The van der Waals surface area contributed by atoms with Crippen LogP contribution in [0.15, 0.2) is 139 Å². The lowest BCUT2D eigenvalue weighted by molar-refractivity contribution is 1.24. The first-order valence-electron chi connectivity index (χ1n) is 11.2. The highest BCUT2D eigenvalue weighted by atomic mass is 79.9. The monoisotopic (exact) mass is 724 g/mol. The molecule has 0 aromatic heterocycles. The number of halogens is 4. The molecule has 0 radical (unpaired) electrons. The molecule has 0 aliphatic rings. The predicted molar refractivity (Wildman–Crippen MR) is 167 cm³/mol. The van der Waals surface area contributed by atoms with E-state index in [0.717, 1.165) is 52.0 Å². The van der Waals surface area contributed by atoms with E-state index in [0.29, 0.717) is 0 Å². The second-order valence-electron chi connectivity index (χ2n) is 8.11. The topological polar surface area (TPSA) is 6.48 Å². The van der Waals surface area contributed by atoms with Crippen molar-refractivity contribution in [3.05, 3.63) is 139 Å². The Bertz CT molecular complexity index is 1320. The summed E-state index contributed by atoms with van der Waals surface area (Å²) in [6.07, 6.45) is 0. The van der Waals surface area contributed by atoms with Crippen molar-refractivity contribution in [2.24, 2.45) is 0 Å². The minimum absolute atomic E-state index is 1.03. The van der Waals surface area contributed by atoms with E-state index in [1.165, 1.54) is 0 Å². The molecule has 2 nitrogen and oxygen atoms in total. The average molecular weight is 728 g/mol. The molecule has 5 aromatic carbocycles. The molecule has 5 aromatic rings. The van der Waals surface area contributed by atoms with Gasteiger partial charge in [0.25, 0.3) is 0 Å². The maximum atomic E-state index is 3.65. The molecule has 0 atom stereocenters. The summed E-state index contributed by atoms with van der Waals surface area (Å²) in [4.78, 5) is 4.53. The van der Waals surface area contributed by atoms with Gasteiger partial charge in [-0.05, 0) is 91.0 Å². The lowest BCUT2D eigenvalue weighted by atomic mass is 10.1. The quantitative estimate of drug-likeness (QED) is 0.172. The van der Waals surface area contributed by atoms with Crippen LogP contribution in [0.1, 0.15) is 0 Å². The van der Waals surface area contributed by atoms with Gasteiger partial charge in [0.05, 0.1) is 0 Å². The highest BCUT2D eigenvalue weighted by Gasteiger charge is 2.18. The highest BCUT2D eigenvalue weighted by Crippen LogP contribution is 2.42. The molecule has 0 aliphatic carbocycles. The Labute approximate surface area is 245 Å². The van der Waals surface area contributed by atoms with Gasteiger partial charge in [0.1, 0.15) is 0 Å². The molecule has 36 heavy (non-hydrogen) atoms. The van der Waals surface area contributed by atoms with E-state index in [9.17, 15) is 0 Å². The molecule has 0 amide bonds. The van der Waals surface area contributed by atoms with E-state index in [1.807, 2.05) is 24.3 Å². The maximum Gasteiger partial charge on any atom is 0.0482 e. The average Bonchev–Trinajstić information content (AvgIpc) is 2.85. The molecule has 0 fully saturated rings. The number of anilines is 6. The van der Waals surface area contributed by atoms with Crippen LogP contribution in [0.5, 0.6) is 0 Å². The number of hydrogen-bond acceptors (Lipinski definition) is 2. The molecule has 0 saturated carbocycles. The van der Waals surface area contributed by atoms with Gasteiger partial charge in [-0.2, -0.15) is 0 Å². The number of benzene rings is 5. The molecular weight excluding hydrogens is 708 g/mol. The Hall–Kier alpha value is -2.38. The lowest BCUT2D eigenvalue weighted by Crippen LogP contribution is -2.13. The van der Waals surface area contributed by atoms with E-state index < -0.39 is 0 Å². The summed E-state index contributed by atoms with van der Waals surface area (Å²) in [5.74, 6) is 0. The van der Waals surface area contributed by atoms with Crippen LogP contribution in [-0.4, -0.2) is 0 Å². The second kappa shape index (κ2) is 11.3. The molecule has 5 rings (SSSR count). The molecule has 0 N–H and O–H groups in total. The van der Waals surface area contributed by atoms with Crippen molar-refractivity contribution in [1.29, 1.82) is 0 Å². The van der Waals surface area contributed by atoms with Crippen molar-refractivity contribution in [1.82, 2.24) is 0 Å². The first-order chi connectivity index (χ1) is 17.5. The molecule has 0 saturated heterocycles. The number of rotatable bonds is 6. The van der Waals surface area contributed by atoms with E-state index in [4.69, 9.17) is 0 Å². The van der Waals surface area contributed by atoms with Crippen molar-refractivity contribution >= 4 is 97.8 Å². The fraction of sp³-hybridized carbons (Fsp3) is 0. The summed E-state index contributed by atoms with van der Waals surface area (Å²) < 4.78 is 4.11. The standard InChI is InChI=1S/C30H20Br4N2/c31-21-6-1-10-25(16-21)35(26-11-2-7-22(32)17-26)29-14-5-15-30(20-29)36(27-12-3-8-23(33)18-27)28-13-4-9-24(34)19-28/h1-20H. The van der Waals surface area contributed by atoms with Crippen molar-refractivity contribution in [2.75, 3.05) is 9.80 Å². The van der Waals surface area contributed by atoms with Crippen molar-refractivity contribution in [3.8, 4) is 0 Å². The molecule has 0 bridgehead atoms. The third-order valence-electron chi connectivity index (χ3n) is 5.61. The van der Waals surface area contributed by atoms with E-state index >= 15 is 0 Å². The van der Waals surface area contributed by atoms with Gasteiger partial charge >= 0.3 is 0 Å². The van der Waals surface area contributed by atoms with Gasteiger partial charge in [-0.25, -0.2) is 0 Å². The molecule has 0 heterocycles. The van der Waals surface area contributed by atoms with Gasteiger partial charge in [0, 0.05) is 52.0 Å². The fourth-order valence-electron chi connectivity index (χ4n) is 4.13.